The van der Waals surface area contributed by atoms with Crippen molar-refractivity contribution in [3.63, 3.8) is 0 Å². The van der Waals surface area contributed by atoms with E-state index < -0.39 is 39.8 Å². The van der Waals surface area contributed by atoms with Crippen LogP contribution in [0.5, 0.6) is 0 Å². The molecule has 0 saturated carbocycles. The average molecular weight is 241 g/mol. The lowest BCUT2D eigenvalue weighted by molar-refractivity contribution is -0.124. The molecule has 15 heavy (non-hydrogen) atoms. The number of carboxylic acid groups (broad SMARTS) is 2. The predicted octanol–water partition coefficient (Wildman–Crippen LogP) is -1.49. The molecule has 0 spiro atoms. The summed E-state index contributed by atoms with van der Waals surface area (Å²) in [5.74, 6) is -1.64. The lowest BCUT2D eigenvalue weighted by atomic mass is 10.4. The summed E-state index contributed by atoms with van der Waals surface area (Å²) in [5, 5.41) is 14.1. The van der Waals surface area contributed by atoms with Gasteiger partial charge in [0.25, 0.3) is 10.1 Å². The van der Waals surface area contributed by atoms with Crippen LogP contribution in [-0.4, -0.2) is 46.4 Å². The van der Waals surface area contributed by atoms with Gasteiger partial charge in [-0.25, -0.2) is 4.79 Å². The molecule has 0 aromatic heterocycles. The number of hydrogen-bond acceptors (Lipinski definition) is 5. The second kappa shape index (κ2) is 4.70. The van der Waals surface area contributed by atoms with Gasteiger partial charge in [0.2, 0.25) is 11.8 Å². The molecule has 1 aliphatic heterocycles. The van der Waals surface area contributed by atoms with E-state index >= 15 is 0 Å². The van der Waals surface area contributed by atoms with E-state index in [2.05, 4.69) is 0 Å². The molecule has 0 radical (unpaired) electrons. The Hall–Kier alpha value is -1.68. The van der Waals surface area contributed by atoms with Crippen LogP contribution in [0.25, 0.3) is 0 Å². The fourth-order valence-corrected chi connectivity index (χ4v) is 1.46. The number of rotatable bonds is 1. The number of nitrogens with one attached hydrogen (secondary N) is 1. The number of amides is 2. The summed E-state index contributed by atoms with van der Waals surface area (Å²) in [7, 11) is -4.42. The van der Waals surface area contributed by atoms with Crippen molar-refractivity contribution in [2.75, 3.05) is 0 Å². The fraction of sp³-hybridized carbons (Fsp3) is 0.400. The van der Waals surface area contributed by atoms with Gasteiger partial charge < -0.3 is 10.2 Å². The van der Waals surface area contributed by atoms with Crippen LogP contribution in [0.1, 0.15) is 6.42 Å². The molecule has 0 bridgehead atoms. The van der Waals surface area contributed by atoms with E-state index in [-0.39, 0.29) is 0 Å². The molecule has 1 rings (SSSR count). The molecule has 10 heteroatoms. The first kappa shape index (κ1) is 13.3. The molecule has 1 heterocycles. The molecule has 0 aliphatic carbocycles. The summed E-state index contributed by atoms with van der Waals surface area (Å²) >= 11 is 0. The van der Waals surface area contributed by atoms with Crippen molar-refractivity contribution >= 4 is 28.1 Å². The SMILES string of the molecule is O=C(O)O.O=C1CC(S(=O)(=O)O)C(=O)N1. The Morgan fingerprint density at radius 1 is 1.33 bits per heavy atom. The van der Waals surface area contributed by atoms with Crippen molar-refractivity contribution in [2.45, 2.75) is 11.7 Å². The Morgan fingerprint density at radius 3 is 1.87 bits per heavy atom. The van der Waals surface area contributed by atoms with Gasteiger partial charge in [0, 0.05) is 0 Å². The Morgan fingerprint density at radius 2 is 1.73 bits per heavy atom. The second-order valence-electron chi connectivity index (χ2n) is 2.40. The van der Waals surface area contributed by atoms with E-state index in [4.69, 9.17) is 19.6 Å². The van der Waals surface area contributed by atoms with Gasteiger partial charge >= 0.3 is 6.16 Å². The zero-order valence-corrected chi connectivity index (χ0v) is 7.89. The minimum absolute atomic E-state index is 0.488. The zero-order chi connectivity index (χ0) is 12.2. The molecule has 86 valence electrons. The van der Waals surface area contributed by atoms with Crippen LogP contribution >= 0.6 is 0 Å². The van der Waals surface area contributed by atoms with Gasteiger partial charge in [-0.2, -0.15) is 8.42 Å². The summed E-state index contributed by atoms with van der Waals surface area (Å²) in [6, 6.07) is 0. The molecular formula is C5H7NO8S. The van der Waals surface area contributed by atoms with Gasteiger partial charge in [0.1, 0.15) is 0 Å². The Bertz CT molecular complexity index is 380. The summed E-state index contributed by atoms with van der Waals surface area (Å²) < 4.78 is 29.0. The van der Waals surface area contributed by atoms with Gasteiger partial charge in [0.05, 0.1) is 6.42 Å². The van der Waals surface area contributed by atoms with Crippen LogP contribution in [-0.2, 0) is 19.7 Å². The molecule has 1 atom stereocenters. The maximum Gasteiger partial charge on any atom is 0.503 e. The quantitative estimate of drug-likeness (QED) is 0.319. The minimum atomic E-state index is -4.42. The Balaban J connectivity index is 0.000000423. The largest absolute Gasteiger partial charge is 0.503 e. The van der Waals surface area contributed by atoms with Crippen LogP contribution < -0.4 is 5.32 Å². The van der Waals surface area contributed by atoms with Crippen molar-refractivity contribution in [2.24, 2.45) is 0 Å². The van der Waals surface area contributed by atoms with Crippen LogP contribution in [0.4, 0.5) is 4.79 Å². The van der Waals surface area contributed by atoms with Gasteiger partial charge in [-0.3, -0.25) is 19.5 Å². The van der Waals surface area contributed by atoms with Gasteiger partial charge in [-0.15, -0.1) is 0 Å². The third-order valence-electron chi connectivity index (χ3n) is 1.29. The molecule has 4 N–H and O–H groups in total. The summed E-state index contributed by atoms with van der Waals surface area (Å²) in [6.45, 7) is 0. The zero-order valence-electron chi connectivity index (χ0n) is 7.08. The van der Waals surface area contributed by atoms with Gasteiger partial charge in [-0.1, -0.05) is 0 Å². The van der Waals surface area contributed by atoms with Crippen LogP contribution in [0.3, 0.4) is 0 Å². The summed E-state index contributed by atoms with van der Waals surface area (Å²) in [5.41, 5.74) is 0. The van der Waals surface area contributed by atoms with E-state index in [1.165, 1.54) is 0 Å². The number of carbonyl (C=O) groups is 3. The van der Waals surface area contributed by atoms with E-state index in [0.29, 0.717) is 0 Å². The first-order valence-corrected chi connectivity index (χ1v) is 4.86. The third-order valence-corrected chi connectivity index (χ3v) is 2.39. The third kappa shape index (κ3) is 4.93. The highest BCUT2D eigenvalue weighted by Crippen LogP contribution is 2.09. The topological polar surface area (TPSA) is 158 Å². The molecular weight excluding hydrogens is 234 g/mol. The van der Waals surface area contributed by atoms with Gasteiger partial charge in [0.15, 0.2) is 5.25 Å². The summed E-state index contributed by atoms with van der Waals surface area (Å²) in [6.07, 6.45) is -2.32. The standard InChI is InChI=1S/C4H5NO5S.CH2O3/c6-3-1-2(4(7)5-3)11(8,9)10;2-1(3)4/h2H,1H2,(H,5,6,7)(H,8,9,10);(H2,2,3,4). The molecule has 1 saturated heterocycles. The van der Waals surface area contributed by atoms with Crippen LogP contribution in [0.2, 0.25) is 0 Å². The lowest BCUT2D eigenvalue weighted by Crippen LogP contribution is -2.30. The van der Waals surface area contributed by atoms with Crippen molar-refractivity contribution < 1.29 is 37.6 Å². The molecule has 2 amide bonds. The number of carbonyl (C=O) groups excluding carboxylic acids is 2. The smallest absolute Gasteiger partial charge is 0.450 e. The molecule has 0 aromatic rings. The highest BCUT2D eigenvalue weighted by Gasteiger charge is 2.39. The number of hydrogen-bond donors (Lipinski definition) is 4. The minimum Gasteiger partial charge on any atom is -0.450 e. The van der Waals surface area contributed by atoms with Crippen LogP contribution in [0, 0.1) is 0 Å². The number of imide groups is 1. The highest BCUT2D eigenvalue weighted by atomic mass is 32.2. The van der Waals surface area contributed by atoms with Crippen molar-refractivity contribution in [3.05, 3.63) is 0 Å². The van der Waals surface area contributed by atoms with E-state index in [1.54, 1.807) is 5.32 Å². The maximum atomic E-state index is 10.6. The van der Waals surface area contributed by atoms with E-state index in [1.807, 2.05) is 0 Å². The van der Waals surface area contributed by atoms with Crippen molar-refractivity contribution in [1.29, 1.82) is 0 Å². The maximum absolute atomic E-state index is 10.6. The van der Waals surface area contributed by atoms with E-state index in [9.17, 15) is 18.0 Å². The fourth-order valence-electron chi connectivity index (χ4n) is 0.771. The van der Waals surface area contributed by atoms with Crippen LogP contribution in [0.15, 0.2) is 0 Å². The van der Waals surface area contributed by atoms with Crippen molar-refractivity contribution in [3.8, 4) is 0 Å². The predicted molar refractivity (Wildman–Crippen MR) is 43.8 cm³/mol. The Labute approximate surface area is 83.5 Å². The first-order chi connectivity index (χ1) is 6.64. The first-order valence-electron chi connectivity index (χ1n) is 3.36. The molecule has 0 aromatic carbocycles. The summed E-state index contributed by atoms with van der Waals surface area (Å²) in [4.78, 5) is 29.5. The molecule has 1 unspecified atom stereocenters. The molecule has 1 fully saturated rings. The van der Waals surface area contributed by atoms with Gasteiger partial charge in [-0.05, 0) is 0 Å². The Kier molecular flexibility index (Phi) is 4.18. The van der Waals surface area contributed by atoms with Crippen molar-refractivity contribution in [1.82, 2.24) is 5.32 Å². The van der Waals surface area contributed by atoms with E-state index in [0.717, 1.165) is 0 Å². The average Bonchev–Trinajstić information content (AvgIpc) is 2.26. The second-order valence-corrected chi connectivity index (χ2v) is 4.00. The molecule has 1 aliphatic rings. The highest BCUT2D eigenvalue weighted by molar-refractivity contribution is 7.87. The molecule has 9 nitrogen and oxygen atoms in total. The normalized spacial score (nSPS) is 20.2. The monoisotopic (exact) mass is 241 g/mol. The lowest BCUT2D eigenvalue weighted by Gasteiger charge is -1.98.